The highest BCUT2D eigenvalue weighted by molar-refractivity contribution is 5.28. The predicted molar refractivity (Wildman–Crippen MR) is 91.7 cm³/mol. The molecule has 2 unspecified atom stereocenters. The summed E-state index contributed by atoms with van der Waals surface area (Å²) in [5, 5.41) is 3.69. The predicted octanol–water partition coefficient (Wildman–Crippen LogP) is 4.30. The van der Waals surface area contributed by atoms with E-state index >= 15 is 0 Å². The van der Waals surface area contributed by atoms with Crippen molar-refractivity contribution in [1.82, 2.24) is 10.2 Å². The van der Waals surface area contributed by atoms with E-state index in [2.05, 4.69) is 55.3 Å². The molecule has 1 saturated heterocycles. The van der Waals surface area contributed by atoms with Gasteiger partial charge in [-0.15, -0.1) is 0 Å². The van der Waals surface area contributed by atoms with Crippen LogP contribution in [0.5, 0.6) is 0 Å². The quantitative estimate of drug-likeness (QED) is 0.804. The first-order chi connectivity index (χ1) is 10.3. The molecule has 1 aromatic rings. The van der Waals surface area contributed by atoms with Crippen LogP contribution in [0.3, 0.4) is 0 Å². The molecular weight excluding hydrogens is 256 g/mol. The van der Waals surface area contributed by atoms with E-state index in [0.717, 1.165) is 12.6 Å². The maximum Gasteiger partial charge on any atom is 0.0334 e. The molecular formula is C19H32N2. The third-order valence-corrected chi connectivity index (χ3v) is 4.94. The number of piperidine rings is 1. The normalized spacial score (nSPS) is 21.4. The molecule has 2 heteroatoms. The van der Waals surface area contributed by atoms with Gasteiger partial charge in [-0.2, -0.15) is 0 Å². The van der Waals surface area contributed by atoms with Gasteiger partial charge in [-0.25, -0.2) is 0 Å². The average Bonchev–Trinajstić information content (AvgIpc) is 2.52. The fourth-order valence-corrected chi connectivity index (χ4v) is 3.70. The van der Waals surface area contributed by atoms with Crippen molar-refractivity contribution >= 4 is 0 Å². The zero-order valence-electron chi connectivity index (χ0n) is 14.1. The summed E-state index contributed by atoms with van der Waals surface area (Å²) >= 11 is 0. The van der Waals surface area contributed by atoms with Gasteiger partial charge in [0.15, 0.2) is 0 Å². The largest absolute Gasteiger partial charge is 0.310 e. The van der Waals surface area contributed by atoms with Gasteiger partial charge in [-0.05, 0) is 56.8 Å². The van der Waals surface area contributed by atoms with Gasteiger partial charge in [0, 0.05) is 18.6 Å². The van der Waals surface area contributed by atoms with Gasteiger partial charge >= 0.3 is 0 Å². The lowest BCUT2D eigenvalue weighted by Gasteiger charge is -2.36. The molecule has 1 aromatic carbocycles. The molecule has 1 aliphatic rings. The van der Waals surface area contributed by atoms with Gasteiger partial charge in [-0.1, -0.05) is 44.5 Å². The minimum absolute atomic E-state index is 0.496. The second-order valence-corrected chi connectivity index (χ2v) is 6.35. The van der Waals surface area contributed by atoms with E-state index in [1.807, 2.05) is 0 Å². The Morgan fingerprint density at radius 3 is 2.76 bits per heavy atom. The fourth-order valence-electron chi connectivity index (χ4n) is 3.70. The summed E-state index contributed by atoms with van der Waals surface area (Å²) in [6, 6.07) is 10.1. The molecule has 1 fully saturated rings. The highest BCUT2D eigenvalue weighted by Crippen LogP contribution is 2.24. The molecule has 1 heterocycles. The summed E-state index contributed by atoms with van der Waals surface area (Å²) in [7, 11) is 0. The maximum atomic E-state index is 3.69. The molecule has 1 N–H and O–H groups in total. The maximum absolute atomic E-state index is 3.69. The Hall–Kier alpha value is -0.860. The number of benzene rings is 1. The van der Waals surface area contributed by atoms with Gasteiger partial charge in [0.2, 0.25) is 0 Å². The van der Waals surface area contributed by atoms with Gasteiger partial charge < -0.3 is 10.2 Å². The van der Waals surface area contributed by atoms with Crippen LogP contribution < -0.4 is 5.32 Å². The summed E-state index contributed by atoms with van der Waals surface area (Å²) in [5.41, 5.74) is 2.89. The molecule has 21 heavy (non-hydrogen) atoms. The molecule has 2 rings (SSSR count). The Labute approximate surface area is 130 Å². The Bertz CT molecular complexity index is 416. The van der Waals surface area contributed by atoms with E-state index in [1.165, 1.54) is 56.3 Å². The molecule has 2 nitrogen and oxygen atoms in total. The van der Waals surface area contributed by atoms with Crippen molar-refractivity contribution in [3.8, 4) is 0 Å². The smallest absolute Gasteiger partial charge is 0.0334 e. The Kier molecular flexibility index (Phi) is 6.72. The highest BCUT2D eigenvalue weighted by atomic mass is 15.2. The number of nitrogens with one attached hydrogen (secondary N) is 1. The summed E-state index contributed by atoms with van der Waals surface area (Å²) in [6.07, 6.45) is 6.72. The minimum Gasteiger partial charge on any atom is -0.310 e. The molecule has 2 atom stereocenters. The molecule has 0 bridgehead atoms. The van der Waals surface area contributed by atoms with Crippen LogP contribution in [-0.4, -0.2) is 30.6 Å². The van der Waals surface area contributed by atoms with Crippen LogP contribution in [0.1, 0.15) is 63.1 Å². The van der Waals surface area contributed by atoms with E-state index in [1.54, 1.807) is 0 Å². The van der Waals surface area contributed by atoms with Crippen LogP contribution in [-0.2, 0) is 0 Å². The first kappa shape index (κ1) is 16.5. The number of hydrogen-bond acceptors (Lipinski definition) is 2. The number of hydrogen-bond donors (Lipinski definition) is 1. The molecule has 0 saturated carbocycles. The monoisotopic (exact) mass is 288 g/mol. The molecule has 0 spiro atoms. The van der Waals surface area contributed by atoms with Crippen molar-refractivity contribution in [3.05, 3.63) is 35.4 Å². The highest BCUT2D eigenvalue weighted by Gasteiger charge is 2.22. The summed E-state index contributed by atoms with van der Waals surface area (Å²) in [5.74, 6) is 0. The lowest BCUT2D eigenvalue weighted by atomic mass is 9.96. The third-order valence-electron chi connectivity index (χ3n) is 4.94. The molecule has 0 radical (unpaired) electrons. The topological polar surface area (TPSA) is 15.3 Å². The van der Waals surface area contributed by atoms with Crippen molar-refractivity contribution in [2.45, 2.75) is 65.0 Å². The van der Waals surface area contributed by atoms with Crippen molar-refractivity contribution in [2.75, 3.05) is 19.6 Å². The fraction of sp³-hybridized carbons (Fsp3) is 0.684. The number of nitrogens with zero attached hydrogens (tertiary/aromatic N) is 1. The van der Waals surface area contributed by atoms with Gasteiger partial charge in [-0.3, -0.25) is 0 Å². The zero-order chi connectivity index (χ0) is 15.1. The van der Waals surface area contributed by atoms with Gasteiger partial charge in [0.1, 0.15) is 0 Å². The van der Waals surface area contributed by atoms with Gasteiger partial charge in [0.25, 0.3) is 0 Å². The lowest BCUT2D eigenvalue weighted by molar-refractivity contribution is 0.137. The average molecular weight is 288 g/mol. The minimum atomic E-state index is 0.496. The number of aryl methyl sites for hydroxylation is 1. The van der Waals surface area contributed by atoms with Crippen LogP contribution in [0.25, 0.3) is 0 Å². The van der Waals surface area contributed by atoms with Crippen LogP contribution >= 0.6 is 0 Å². The SMILES string of the molecule is CCNC(CCN1CCCCC1CC)c1ccccc1C. The second-order valence-electron chi connectivity index (χ2n) is 6.35. The van der Waals surface area contributed by atoms with E-state index in [9.17, 15) is 0 Å². The number of likely N-dealkylation sites (tertiary alicyclic amines) is 1. The van der Waals surface area contributed by atoms with Crippen LogP contribution in [0.2, 0.25) is 0 Å². The van der Waals surface area contributed by atoms with Gasteiger partial charge in [0.05, 0.1) is 0 Å². The molecule has 0 aliphatic carbocycles. The Morgan fingerprint density at radius 2 is 2.05 bits per heavy atom. The first-order valence-corrected chi connectivity index (χ1v) is 8.79. The molecule has 0 amide bonds. The molecule has 0 aromatic heterocycles. The van der Waals surface area contributed by atoms with Crippen LogP contribution in [0.15, 0.2) is 24.3 Å². The standard InChI is InChI=1S/C19H32N2/c1-4-17-11-8-9-14-21(17)15-13-19(20-5-2)18-12-7-6-10-16(18)3/h6-7,10,12,17,19-20H,4-5,8-9,11,13-15H2,1-3H3. The van der Waals surface area contributed by atoms with Crippen LogP contribution in [0.4, 0.5) is 0 Å². The molecule has 1 aliphatic heterocycles. The van der Waals surface area contributed by atoms with Crippen molar-refractivity contribution < 1.29 is 0 Å². The zero-order valence-corrected chi connectivity index (χ0v) is 14.1. The van der Waals surface area contributed by atoms with E-state index in [-0.39, 0.29) is 0 Å². The Balaban J connectivity index is 1.98. The third kappa shape index (κ3) is 4.55. The van der Waals surface area contributed by atoms with E-state index in [4.69, 9.17) is 0 Å². The van der Waals surface area contributed by atoms with Crippen molar-refractivity contribution in [1.29, 1.82) is 0 Å². The van der Waals surface area contributed by atoms with Crippen molar-refractivity contribution in [2.24, 2.45) is 0 Å². The summed E-state index contributed by atoms with van der Waals surface area (Å²) in [6.45, 7) is 10.3. The van der Waals surface area contributed by atoms with E-state index in [0.29, 0.717) is 6.04 Å². The number of rotatable bonds is 7. The summed E-state index contributed by atoms with van der Waals surface area (Å²) < 4.78 is 0. The summed E-state index contributed by atoms with van der Waals surface area (Å²) in [4.78, 5) is 2.73. The van der Waals surface area contributed by atoms with E-state index < -0.39 is 0 Å². The molecule has 118 valence electrons. The lowest BCUT2D eigenvalue weighted by Crippen LogP contribution is -2.40. The first-order valence-electron chi connectivity index (χ1n) is 8.79. The van der Waals surface area contributed by atoms with Crippen LogP contribution in [0, 0.1) is 6.92 Å². The Morgan fingerprint density at radius 1 is 1.24 bits per heavy atom. The second kappa shape index (κ2) is 8.55. The van der Waals surface area contributed by atoms with Crippen molar-refractivity contribution in [3.63, 3.8) is 0 Å².